The number of phenolic OH excluding ortho intramolecular Hbond substituents is 1. The summed E-state index contributed by atoms with van der Waals surface area (Å²) in [6.45, 7) is 1.66. The number of hydrogen-bond donors (Lipinski definition) is 3. The number of anilines is 4. The summed E-state index contributed by atoms with van der Waals surface area (Å²) in [5.74, 6) is -2.17. The molecule has 1 fully saturated rings. The van der Waals surface area contributed by atoms with E-state index < -0.39 is 17.4 Å². The predicted octanol–water partition coefficient (Wildman–Crippen LogP) is 4.31. The summed E-state index contributed by atoms with van der Waals surface area (Å²) in [7, 11) is 0. The van der Waals surface area contributed by atoms with Crippen molar-refractivity contribution in [3.8, 4) is 11.5 Å². The fourth-order valence-electron chi connectivity index (χ4n) is 3.84. The number of rotatable bonds is 4. The maximum absolute atomic E-state index is 14.4. The number of para-hydroxylation sites is 1. The number of phenols is 1. The van der Waals surface area contributed by atoms with E-state index in [4.69, 9.17) is 4.74 Å². The molecular formula is C22H20F2N4O2. The van der Waals surface area contributed by atoms with Crippen LogP contribution in [0.15, 0.2) is 60.7 Å². The van der Waals surface area contributed by atoms with Crippen LogP contribution in [0, 0.1) is 11.6 Å². The monoisotopic (exact) mass is 410 g/mol. The van der Waals surface area contributed by atoms with Crippen LogP contribution in [0.4, 0.5) is 31.5 Å². The van der Waals surface area contributed by atoms with Gasteiger partial charge in [0, 0.05) is 24.7 Å². The summed E-state index contributed by atoms with van der Waals surface area (Å²) in [4.78, 5) is 2.24. The Labute approximate surface area is 172 Å². The van der Waals surface area contributed by atoms with E-state index >= 15 is 0 Å². The van der Waals surface area contributed by atoms with Crippen LogP contribution in [0.5, 0.6) is 11.5 Å². The average molecular weight is 410 g/mol. The normalized spacial score (nSPS) is 17.7. The number of nitrogens with zero attached hydrogens (tertiary/aromatic N) is 2. The van der Waals surface area contributed by atoms with Crippen LogP contribution < -0.4 is 25.6 Å². The fourth-order valence-corrected chi connectivity index (χ4v) is 3.84. The van der Waals surface area contributed by atoms with E-state index in [1.165, 1.54) is 5.01 Å². The summed E-state index contributed by atoms with van der Waals surface area (Å²) < 4.78 is 34.0. The van der Waals surface area contributed by atoms with Gasteiger partial charge >= 0.3 is 0 Å². The third-order valence-electron chi connectivity index (χ3n) is 5.36. The summed E-state index contributed by atoms with van der Waals surface area (Å²) in [6.07, 6.45) is 1.05. The number of fused-ring (bicyclic) bond motifs is 1. The zero-order valence-electron chi connectivity index (χ0n) is 16.0. The van der Waals surface area contributed by atoms with Crippen LogP contribution in [0.25, 0.3) is 0 Å². The first-order chi connectivity index (χ1) is 14.6. The zero-order chi connectivity index (χ0) is 20.7. The molecule has 0 aromatic heterocycles. The van der Waals surface area contributed by atoms with E-state index in [-0.39, 0.29) is 17.5 Å². The number of aromatic hydroxyl groups is 1. The van der Waals surface area contributed by atoms with Gasteiger partial charge in [0.25, 0.3) is 0 Å². The van der Waals surface area contributed by atoms with E-state index in [2.05, 4.69) is 15.9 Å². The molecule has 8 heteroatoms. The zero-order valence-corrected chi connectivity index (χ0v) is 16.0. The second-order valence-electron chi connectivity index (χ2n) is 7.29. The van der Waals surface area contributed by atoms with Crippen LogP contribution in [0.3, 0.4) is 0 Å². The number of halogens is 2. The molecule has 0 bridgehead atoms. The first kappa shape index (κ1) is 18.5. The van der Waals surface area contributed by atoms with Gasteiger partial charge in [-0.1, -0.05) is 18.2 Å². The number of ether oxygens (including phenoxy) is 1. The van der Waals surface area contributed by atoms with Gasteiger partial charge in [0.2, 0.25) is 0 Å². The molecule has 0 spiro atoms. The minimum absolute atomic E-state index is 0.0409. The van der Waals surface area contributed by atoms with Crippen molar-refractivity contribution in [2.75, 3.05) is 28.4 Å². The van der Waals surface area contributed by atoms with Crippen molar-refractivity contribution in [3.63, 3.8) is 0 Å². The molecule has 6 nitrogen and oxygen atoms in total. The lowest BCUT2D eigenvalue weighted by Crippen LogP contribution is -2.32. The maximum atomic E-state index is 14.4. The summed E-state index contributed by atoms with van der Waals surface area (Å²) in [6, 6.07) is 18.4. The van der Waals surface area contributed by atoms with Crippen LogP contribution in [-0.2, 0) is 0 Å². The van der Waals surface area contributed by atoms with Crippen molar-refractivity contribution in [2.24, 2.45) is 0 Å². The highest BCUT2D eigenvalue weighted by atomic mass is 19.1. The van der Waals surface area contributed by atoms with Gasteiger partial charge in [-0.25, -0.2) is 8.78 Å². The Bertz CT molecular complexity index is 1060. The third kappa shape index (κ3) is 3.25. The number of nitrogens with one attached hydrogen (secondary N) is 2. The standard InChI is InChI=1S/C22H20F2N4O2/c23-18-12-19-21(20(24)22(18)29)28(26-25-19)15-8-6-14(7-9-15)27-11-10-17(13-27)30-16-4-2-1-3-5-16/h1-9,12,17,25-26,29H,10-11,13H2/t17-/m1/s1. The summed E-state index contributed by atoms with van der Waals surface area (Å²) >= 11 is 0. The van der Waals surface area contributed by atoms with E-state index in [0.717, 1.165) is 37.0 Å². The number of hydrazine groups is 2. The van der Waals surface area contributed by atoms with Crippen LogP contribution >= 0.6 is 0 Å². The fraction of sp³-hybridized carbons (Fsp3) is 0.182. The molecular weight excluding hydrogens is 390 g/mol. The second-order valence-corrected chi connectivity index (χ2v) is 7.29. The van der Waals surface area contributed by atoms with Gasteiger partial charge in [0.05, 0.1) is 17.9 Å². The van der Waals surface area contributed by atoms with Crippen LogP contribution in [0.2, 0.25) is 0 Å². The molecule has 1 saturated heterocycles. The smallest absolute Gasteiger partial charge is 0.195 e. The van der Waals surface area contributed by atoms with E-state index in [1.807, 2.05) is 54.6 Å². The molecule has 0 radical (unpaired) electrons. The Morgan fingerprint density at radius 2 is 1.73 bits per heavy atom. The molecule has 5 rings (SSSR count). The molecule has 2 heterocycles. The Morgan fingerprint density at radius 3 is 2.50 bits per heavy atom. The lowest BCUT2D eigenvalue weighted by Gasteiger charge is -2.22. The van der Waals surface area contributed by atoms with Crippen molar-refractivity contribution >= 4 is 22.7 Å². The van der Waals surface area contributed by atoms with Crippen LogP contribution in [-0.4, -0.2) is 24.3 Å². The van der Waals surface area contributed by atoms with Crippen LogP contribution in [0.1, 0.15) is 6.42 Å². The van der Waals surface area contributed by atoms with Gasteiger partial charge in [-0.2, -0.15) is 0 Å². The molecule has 3 aromatic rings. The highest BCUT2D eigenvalue weighted by molar-refractivity contribution is 5.81. The Kier molecular flexibility index (Phi) is 4.55. The van der Waals surface area contributed by atoms with Crippen molar-refractivity contribution in [2.45, 2.75) is 12.5 Å². The average Bonchev–Trinajstić information content (AvgIpc) is 3.40. The van der Waals surface area contributed by atoms with Gasteiger partial charge in [-0.15, -0.1) is 5.53 Å². The van der Waals surface area contributed by atoms with Gasteiger partial charge in [-0.3, -0.25) is 5.01 Å². The largest absolute Gasteiger partial charge is 0.503 e. The molecule has 0 aliphatic carbocycles. The molecule has 30 heavy (non-hydrogen) atoms. The first-order valence-electron chi connectivity index (χ1n) is 9.69. The Hall–Kier alpha value is -3.52. The second kappa shape index (κ2) is 7.38. The molecule has 2 aliphatic rings. The van der Waals surface area contributed by atoms with E-state index in [1.54, 1.807) is 0 Å². The van der Waals surface area contributed by atoms with Crippen molar-refractivity contribution < 1.29 is 18.6 Å². The predicted molar refractivity (Wildman–Crippen MR) is 111 cm³/mol. The van der Waals surface area contributed by atoms with E-state index in [9.17, 15) is 13.9 Å². The van der Waals surface area contributed by atoms with Crippen molar-refractivity contribution in [1.82, 2.24) is 5.53 Å². The lowest BCUT2D eigenvalue weighted by atomic mass is 10.2. The highest BCUT2D eigenvalue weighted by Gasteiger charge is 2.29. The maximum Gasteiger partial charge on any atom is 0.195 e. The third-order valence-corrected chi connectivity index (χ3v) is 5.36. The minimum Gasteiger partial charge on any atom is -0.503 e. The van der Waals surface area contributed by atoms with Gasteiger partial charge < -0.3 is 20.2 Å². The van der Waals surface area contributed by atoms with Crippen molar-refractivity contribution in [1.29, 1.82) is 0 Å². The topological polar surface area (TPSA) is 60.0 Å². The summed E-state index contributed by atoms with van der Waals surface area (Å²) in [5, 5.41) is 11.0. The molecule has 0 amide bonds. The molecule has 1 atom stereocenters. The molecule has 3 aromatic carbocycles. The number of hydrogen-bond acceptors (Lipinski definition) is 6. The van der Waals surface area contributed by atoms with Gasteiger partial charge in [0.15, 0.2) is 17.4 Å². The highest BCUT2D eigenvalue weighted by Crippen LogP contribution is 2.42. The molecule has 0 saturated carbocycles. The summed E-state index contributed by atoms with van der Waals surface area (Å²) in [5.41, 5.74) is 7.44. The quantitative estimate of drug-likeness (QED) is 0.558. The molecule has 154 valence electrons. The Balaban J connectivity index is 1.30. The lowest BCUT2D eigenvalue weighted by molar-refractivity contribution is 0.225. The van der Waals surface area contributed by atoms with Crippen molar-refractivity contribution in [3.05, 3.63) is 72.3 Å². The SMILES string of the molecule is Oc1c(F)cc2c(c1F)N(c1ccc(N3CC[C@@H](Oc4ccccc4)C3)cc1)NN2. The molecule has 0 unspecified atom stereocenters. The van der Waals surface area contributed by atoms with Gasteiger partial charge in [-0.05, 0) is 36.4 Å². The van der Waals surface area contributed by atoms with Gasteiger partial charge in [0.1, 0.15) is 17.5 Å². The first-order valence-corrected chi connectivity index (χ1v) is 9.69. The van der Waals surface area contributed by atoms with E-state index in [0.29, 0.717) is 5.69 Å². The molecule has 2 aliphatic heterocycles. The minimum atomic E-state index is -1.02. The molecule has 3 N–H and O–H groups in total. The Morgan fingerprint density at radius 1 is 1.00 bits per heavy atom. The number of benzene rings is 3.